The maximum Gasteiger partial charge on any atom is 0.142 e. The smallest absolute Gasteiger partial charge is 0.142 e. The molecule has 0 saturated carbocycles. The zero-order valence-electron chi connectivity index (χ0n) is 10.8. The van der Waals surface area contributed by atoms with Gasteiger partial charge in [-0.05, 0) is 38.3 Å². The molecule has 0 spiro atoms. The van der Waals surface area contributed by atoms with Crippen molar-refractivity contribution in [3.63, 3.8) is 0 Å². The van der Waals surface area contributed by atoms with Crippen LogP contribution >= 0.6 is 23.2 Å². The summed E-state index contributed by atoms with van der Waals surface area (Å²) in [6.45, 7) is 2.13. The summed E-state index contributed by atoms with van der Waals surface area (Å²) < 4.78 is 13.4. The van der Waals surface area contributed by atoms with Gasteiger partial charge in [0.15, 0.2) is 0 Å². The van der Waals surface area contributed by atoms with Crippen LogP contribution in [0.25, 0.3) is 0 Å². The van der Waals surface area contributed by atoms with Crippen molar-refractivity contribution in [2.75, 3.05) is 0 Å². The molecule has 1 aromatic carbocycles. The highest BCUT2D eigenvalue weighted by Crippen LogP contribution is 2.32. The summed E-state index contributed by atoms with van der Waals surface area (Å²) in [6, 6.07) is 3.27. The molecule has 2 rings (SSSR count). The Balaban J connectivity index is 2.07. The predicted octanol–water partition coefficient (Wildman–Crippen LogP) is 4.09. The first-order valence-electron chi connectivity index (χ1n) is 6.56. The van der Waals surface area contributed by atoms with Crippen LogP contribution in [0.15, 0.2) is 12.1 Å². The van der Waals surface area contributed by atoms with Crippen molar-refractivity contribution in [1.82, 2.24) is 5.32 Å². The van der Waals surface area contributed by atoms with Crippen molar-refractivity contribution in [3.05, 3.63) is 33.6 Å². The Morgan fingerprint density at radius 2 is 2.11 bits per heavy atom. The summed E-state index contributed by atoms with van der Waals surface area (Å²) in [7, 11) is 0. The van der Waals surface area contributed by atoms with E-state index in [1.807, 2.05) is 0 Å². The van der Waals surface area contributed by atoms with Gasteiger partial charge in [0.25, 0.3) is 0 Å². The number of hydrogen-bond donors (Lipinski definition) is 2. The molecule has 1 aliphatic heterocycles. The lowest BCUT2D eigenvalue weighted by Gasteiger charge is -2.30. The van der Waals surface area contributed by atoms with Crippen LogP contribution in [0.4, 0.5) is 4.39 Å². The topological polar surface area (TPSA) is 32.3 Å². The van der Waals surface area contributed by atoms with Crippen molar-refractivity contribution < 1.29 is 9.50 Å². The summed E-state index contributed by atoms with van der Waals surface area (Å²) in [5.41, 5.74) is 0.406. The Morgan fingerprint density at radius 3 is 2.79 bits per heavy atom. The third-order valence-corrected chi connectivity index (χ3v) is 4.23. The molecule has 2 nitrogen and oxygen atoms in total. The molecule has 3 unspecified atom stereocenters. The van der Waals surface area contributed by atoms with Gasteiger partial charge in [-0.3, -0.25) is 0 Å². The van der Waals surface area contributed by atoms with Crippen molar-refractivity contribution in [2.24, 2.45) is 0 Å². The van der Waals surface area contributed by atoms with Crippen molar-refractivity contribution in [1.29, 1.82) is 0 Å². The second kappa shape index (κ2) is 6.40. The molecule has 0 bridgehead atoms. The molecule has 1 saturated heterocycles. The molecule has 0 radical (unpaired) electrons. The lowest BCUT2D eigenvalue weighted by atomic mass is 9.93. The van der Waals surface area contributed by atoms with E-state index < -0.39 is 11.9 Å². The van der Waals surface area contributed by atoms with Crippen LogP contribution in [0.1, 0.15) is 44.3 Å². The van der Waals surface area contributed by atoms with E-state index in [-0.39, 0.29) is 11.1 Å². The van der Waals surface area contributed by atoms with Crippen molar-refractivity contribution in [2.45, 2.75) is 50.8 Å². The minimum absolute atomic E-state index is 0.0228. The third kappa shape index (κ3) is 3.82. The van der Waals surface area contributed by atoms with E-state index in [2.05, 4.69) is 12.2 Å². The largest absolute Gasteiger partial charge is 0.388 e. The van der Waals surface area contributed by atoms with Gasteiger partial charge in [-0.15, -0.1) is 0 Å². The van der Waals surface area contributed by atoms with E-state index in [4.69, 9.17) is 23.2 Å². The summed E-state index contributed by atoms with van der Waals surface area (Å²) in [5, 5.41) is 13.9. The Hall–Kier alpha value is -0.350. The van der Waals surface area contributed by atoms with Crippen molar-refractivity contribution in [3.8, 4) is 0 Å². The monoisotopic (exact) mass is 305 g/mol. The average molecular weight is 306 g/mol. The van der Waals surface area contributed by atoms with E-state index in [0.717, 1.165) is 19.3 Å². The number of rotatable bonds is 3. The first-order chi connectivity index (χ1) is 8.97. The van der Waals surface area contributed by atoms with Gasteiger partial charge in [0.05, 0.1) is 11.1 Å². The quantitative estimate of drug-likeness (QED) is 0.825. The second-order valence-corrected chi connectivity index (χ2v) is 6.05. The molecule has 3 atom stereocenters. The Kier molecular flexibility index (Phi) is 5.07. The number of aliphatic hydroxyl groups excluding tert-OH is 1. The maximum absolute atomic E-state index is 13.4. The molecule has 106 valence electrons. The maximum atomic E-state index is 13.4. The molecule has 1 fully saturated rings. The SMILES string of the molecule is CC1CCCC(CC(O)c2cc(F)c(Cl)cc2Cl)N1. The summed E-state index contributed by atoms with van der Waals surface area (Å²) in [5.74, 6) is -0.551. The lowest BCUT2D eigenvalue weighted by molar-refractivity contribution is 0.139. The van der Waals surface area contributed by atoms with E-state index in [1.165, 1.54) is 12.1 Å². The third-order valence-electron chi connectivity index (χ3n) is 3.62. The van der Waals surface area contributed by atoms with Gasteiger partial charge in [0, 0.05) is 22.7 Å². The standard InChI is InChI=1S/C14H18Cl2FNO/c1-8-3-2-4-9(18-8)5-14(19)10-6-13(17)12(16)7-11(10)15/h6-9,14,18-19H,2-5H2,1H3. The summed E-state index contributed by atoms with van der Waals surface area (Å²) >= 11 is 11.7. The summed E-state index contributed by atoms with van der Waals surface area (Å²) in [6.07, 6.45) is 3.08. The number of hydrogen-bond acceptors (Lipinski definition) is 2. The Bertz CT molecular complexity index is 455. The van der Waals surface area contributed by atoms with Gasteiger partial charge in [-0.2, -0.15) is 0 Å². The molecule has 5 heteroatoms. The van der Waals surface area contributed by atoms with Crippen LogP contribution in [0.2, 0.25) is 10.0 Å². The minimum atomic E-state index is -0.776. The second-order valence-electron chi connectivity index (χ2n) is 5.23. The van der Waals surface area contributed by atoms with E-state index in [0.29, 0.717) is 23.0 Å². The minimum Gasteiger partial charge on any atom is -0.388 e. The fourth-order valence-corrected chi connectivity index (χ4v) is 3.12. The number of aliphatic hydroxyl groups is 1. The fraction of sp³-hybridized carbons (Fsp3) is 0.571. The first-order valence-corrected chi connectivity index (χ1v) is 7.31. The van der Waals surface area contributed by atoms with Gasteiger partial charge >= 0.3 is 0 Å². The average Bonchev–Trinajstić information content (AvgIpc) is 2.33. The van der Waals surface area contributed by atoms with Gasteiger partial charge in [-0.1, -0.05) is 29.6 Å². The van der Waals surface area contributed by atoms with E-state index >= 15 is 0 Å². The van der Waals surface area contributed by atoms with E-state index in [9.17, 15) is 9.50 Å². The molecule has 0 aromatic heterocycles. The highest BCUT2D eigenvalue weighted by molar-refractivity contribution is 6.35. The van der Waals surface area contributed by atoms with Crippen LogP contribution in [-0.4, -0.2) is 17.2 Å². The zero-order valence-corrected chi connectivity index (χ0v) is 12.3. The lowest BCUT2D eigenvalue weighted by Crippen LogP contribution is -2.41. The van der Waals surface area contributed by atoms with Gasteiger partial charge in [-0.25, -0.2) is 4.39 Å². The molecule has 2 N–H and O–H groups in total. The number of piperidine rings is 1. The van der Waals surface area contributed by atoms with Crippen LogP contribution in [-0.2, 0) is 0 Å². The van der Waals surface area contributed by atoms with Gasteiger partial charge in [0.1, 0.15) is 5.82 Å². The summed E-state index contributed by atoms with van der Waals surface area (Å²) in [4.78, 5) is 0. The molecule has 0 amide bonds. The molecular formula is C14H18Cl2FNO. The Labute approximate surface area is 122 Å². The van der Waals surface area contributed by atoms with Crippen LogP contribution in [0, 0.1) is 5.82 Å². The number of nitrogens with one attached hydrogen (secondary N) is 1. The molecule has 19 heavy (non-hydrogen) atoms. The van der Waals surface area contributed by atoms with Crippen LogP contribution in [0.3, 0.4) is 0 Å². The normalized spacial score (nSPS) is 25.3. The first kappa shape index (κ1) is 15.0. The molecular weight excluding hydrogens is 288 g/mol. The van der Waals surface area contributed by atoms with Gasteiger partial charge in [0.2, 0.25) is 0 Å². The van der Waals surface area contributed by atoms with Crippen LogP contribution < -0.4 is 5.32 Å². The highest BCUT2D eigenvalue weighted by Gasteiger charge is 2.23. The molecule has 1 aromatic rings. The van der Waals surface area contributed by atoms with E-state index in [1.54, 1.807) is 0 Å². The highest BCUT2D eigenvalue weighted by atomic mass is 35.5. The zero-order chi connectivity index (χ0) is 14.0. The van der Waals surface area contributed by atoms with Crippen LogP contribution in [0.5, 0.6) is 0 Å². The number of halogens is 3. The molecule has 1 aliphatic rings. The number of benzene rings is 1. The Morgan fingerprint density at radius 1 is 1.37 bits per heavy atom. The fourth-order valence-electron chi connectivity index (χ4n) is 2.62. The molecule has 0 aliphatic carbocycles. The van der Waals surface area contributed by atoms with Crippen molar-refractivity contribution >= 4 is 23.2 Å². The van der Waals surface area contributed by atoms with Gasteiger partial charge < -0.3 is 10.4 Å². The molecule has 1 heterocycles. The predicted molar refractivity (Wildman–Crippen MR) is 76.2 cm³/mol.